The predicted octanol–water partition coefficient (Wildman–Crippen LogP) is 5.66. The Labute approximate surface area is 122 Å². The molecular formula is C16H36O2Si. The Balaban J connectivity index is 3.57. The second kappa shape index (κ2) is 11.9. The molecule has 0 amide bonds. The fourth-order valence-corrected chi connectivity index (χ4v) is 4.04. The van der Waals surface area contributed by atoms with Crippen LogP contribution in [0.3, 0.4) is 0 Å². The van der Waals surface area contributed by atoms with Crippen molar-refractivity contribution in [2.75, 3.05) is 6.61 Å². The molecule has 0 saturated heterocycles. The van der Waals surface area contributed by atoms with Crippen LogP contribution in [0.1, 0.15) is 78.6 Å². The second-order valence-electron chi connectivity index (χ2n) is 6.09. The van der Waals surface area contributed by atoms with E-state index in [0.717, 1.165) is 13.0 Å². The Hall–Kier alpha value is 0.137. The quantitative estimate of drug-likeness (QED) is 0.321. The molecule has 3 heteroatoms. The summed E-state index contributed by atoms with van der Waals surface area (Å²) in [5, 5.41) is 0. The lowest BCUT2D eigenvalue weighted by Gasteiger charge is -2.27. The molecule has 1 unspecified atom stereocenters. The zero-order valence-corrected chi connectivity index (χ0v) is 15.0. The van der Waals surface area contributed by atoms with Gasteiger partial charge in [0.2, 0.25) is 0 Å². The summed E-state index contributed by atoms with van der Waals surface area (Å²) in [5.74, 6) is 0. The molecule has 0 aliphatic carbocycles. The van der Waals surface area contributed by atoms with Gasteiger partial charge in [0.05, 0.1) is 0 Å². The Morgan fingerprint density at radius 2 is 1.42 bits per heavy atom. The molecule has 0 aromatic heterocycles. The second-order valence-corrected chi connectivity index (χ2v) is 9.41. The van der Waals surface area contributed by atoms with Crippen molar-refractivity contribution >= 4 is 8.56 Å². The van der Waals surface area contributed by atoms with Crippen LogP contribution in [0.25, 0.3) is 0 Å². The van der Waals surface area contributed by atoms with Crippen molar-refractivity contribution in [2.45, 2.75) is 97.8 Å². The van der Waals surface area contributed by atoms with Gasteiger partial charge in [-0.05, 0) is 32.9 Å². The molecule has 0 aliphatic heterocycles. The van der Waals surface area contributed by atoms with E-state index in [1.54, 1.807) is 0 Å². The highest BCUT2D eigenvalue weighted by molar-refractivity contribution is 6.64. The van der Waals surface area contributed by atoms with Gasteiger partial charge in [-0.2, -0.15) is 0 Å². The minimum absolute atomic E-state index is 0.356. The van der Waals surface area contributed by atoms with E-state index in [-0.39, 0.29) is 0 Å². The number of hydrogen-bond donors (Lipinski definition) is 0. The van der Waals surface area contributed by atoms with Crippen molar-refractivity contribution in [3.8, 4) is 0 Å². The molecular weight excluding hydrogens is 252 g/mol. The van der Waals surface area contributed by atoms with Crippen LogP contribution >= 0.6 is 0 Å². The first kappa shape index (κ1) is 19.1. The highest BCUT2D eigenvalue weighted by Gasteiger charge is 2.26. The molecule has 0 aromatic rings. The fraction of sp³-hybridized carbons (Fsp3) is 1.00. The molecule has 19 heavy (non-hydrogen) atoms. The molecule has 116 valence electrons. The minimum Gasteiger partial charge on any atom is -0.395 e. The normalized spacial score (nSPS) is 13.7. The fourth-order valence-electron chi connectivity index (χ4n) is 2.25. The summed E-state index contributed by atoms with van der Waals surface area (Å²) in [6.45, 7) is 11.9. The molecule has 0 aliphatic rings. The number of rotatable bonds is 13. The molecule has 0 radical (unpaired) electrons. The van der Waals surface area contributed by atoms with Gasteiger partial charge in [-0.25, -0.2) is 0 Å². The van der Waals surface area contributed by atoms with E-state index in [1.807, 2.05) is 0 Å². The van der Waals surface area contributed by atoms with E-state index in [9.17, 15) is 0 Å². The highest BCUT2D eigenvalue weighted by atomic mass is 28.4. The van der Waals surface area contributed by atoms with Gasteiger partial charge in [-0.15, -0.1) is 0 Å². The summed E-state index contributed by atoms with van der Waals surface area (Å²) in [7, 11) is -1.88. The van der Waals surface area contributed by atoms with Crippen LogP contribution in [-0.2, 0) is 8.85 Å². The Bertz CT molecular complexity index is 195. The highest BCUT2D eigenvalue weighted by Crippen LogP contribution is 2.16. The van der Waals surface area contributed by atoms with Crippen LogP contribution < -0.4 is 0 Å². The minimum atomic E-state index is -1.88. The third-order valence-electron chi connectivity index (χ3n) is 3.40. The van der Waals surface area contributed by atoms with Crippen LogP contribution in [-0.4, -0.2) is 21.3 Å². The molecule has 0 spiro atoms. The van der Waals surface area contributed by atoms with Gasteiger partial charge in [0.25, 0.3) is 0 Å². The van der Waals surface area contributed by atoms with Gasteiger partial charge < -0.3 is 8.85 Å². The molecule has 0 bridgehead atoms. The topological polar surface area (TPSA) is 18.5 Å². The van der Waals surface area contributed by atoms with Gasteiger partial charge >= 0.3 is 8.56 Å². The zero-order chi connectivity index (χ0) is 14.6. The molecule has 0 rings (SSSR count). The van der Waals surface area contributed by atoms with E-state index in [0.29, 0.717) is 6.10 Å². The summed E-state index contributed by atoms with van der Waals surface area (Å²) in [4.78, 5) is 0. The molecule has 2 nitrogen and oxygen atoms in total. The summed E-state index contributed by atoms with van der Waals surface area (Å²) >= 11 is 0. The Kier molecular flexibility index (Phi) is 12.0. The molecule has 0 heterocycles. The van der Waals surface area contributed by atoms with Gasteiger partial charge in [0, 0.05) is 12.7 Å². The first-order valence-electron chi connectivity index (χ1n) is 8.33. The number of unbranched alkanes of at least 4 members (excludes halogenated alkanes) is 6. The van der Waals surface area contributed by atoms with Crippen LogP contribution in [0.15, 0.2) is 0 Å². The molecule has 0 N–H and O–H groups in total. The van der Waals surface area contributed by atoms with Crippen molar-refractivity contribution in [3.05, 3.63) is 0 Å². The smallest absolute Gasteiger partial charge is 0.331 e. The van der Waals surface area contributed by atoms with E-state index in [4.69, 9.17) is 8.85 Å². The summed E-state index contributed by atoms with van der Waals surface area (Å²) in [6.07, 6.45) is 12.0. The third kappa shape index (κ3) is 12.9. The van der Waals surface area contributed by atoms with Crippen LogP contribution in [0, 0.1) is 0 Å². The first-order chi connectivity index (χ1) is 9.02. The molecule has 0 fully saturated rings. The molecule has 1 atom stereocenters. The van der Waals surface area contributed by atoms with Gasteiger partial charge in [0.15, 0.2) is 0 Å². The molecule has 0 aromatic carbocycles. The predicted molar refractivity (Wildman–Crippen MR) is 86.9 cm³/mol. The average Bonchev–Trinajstić information content (AvgIpc) is 2.33. The third-order valence-corrected chi connectivity index (χ3v) is 5.27. The standard InChI is InChI=1S/C16H36O2Si/c1-6-8-10-11-12-13-14-16(3)18-19(4,5)17-15-9-7-2/h16H,6-15H2,1-5H3. The lowest BCUT2D eigenvalue weighted by atomic mass is 10.1. The van der Waals surface area contributed by atoms with E-state index >= 15 is 0 Å². The van der Waals surface area contributed by atoms with Crippen LogP contribution in [0.2, 0.25) is 13.1 Å². The Morgan fingerprint density at radius 1 is 0.842 bits per heavy atom. The largest absolute Gasteiger partial charge is 0.395 e. The maximum absolute atomic E-state index is 6.13. The molecule has 0 saturated carbocycles. The van der Waals surface area contributed by atoms with Crippen LogP contribution in [0.4, 0.5) is 0 Å². The maximum Gasteiger partial charge on any atom is 0.331 e. The van der Waals surface area contributed by atoms with Crippen molar-refractivity contribution in [1.82, 2.24) is 0 Å². The van der Waals surface area contributed by atoms with Crippen molar-refractivity contribution in [3.63, 3.8) is 0 Å². The monoisotopic (exact) mass is 288 g/mol. The Morgan fingerprint density at radius 3 is 2.05 bits per heavy atom. The van der Waals surface area contributed by atoms with E-state index < -0.39 is 8.56 Å². The van der Waals surface area contributed by atoms with Gasteiger partial charge in [0.1, 0.15) is 0 Å². The van der Waals surface area contributed by atoms with E-state index in [1.165, 1.54) is 51.4 Å². The average molecular weight is 289 g/mol. The SMILES string of the molecule is CCCCCCCCC(C)O[Si](C)(C)OCCCC. The number of hydrogen-bond acceptors (Lipinski definition) is 2. The summed E-state index contributed by atoms with van der Waals surface area (Å²) in [5.41, 5.74) is 0. The van der Waals surface area contributed by atoms with Crippen molar-refractivity contribution < 1.29 is 8.85 Å². The lowest BCUT2D eigenvalue weighted by molar-refractivity contribution is 0.122. The lowest BCUT2D eigenvalue weighted by Crippen LogP contribution is -2.38. The van der Waals surface area contributed by atoms with Crippen LogP contribution in [0.5, 0.6) is 0 Å². The van der Waals surface area contributed by atoms with Gasteiger partial charge in [-0.3, -0.25) is 0 Å². The maximum atomic E-state index is 6.13. The summed E-state index contributed by atoms with van der Waals surface area (Å²) in [6, 6.07) is 0. The zero-order valence-electron chi connectivity index (χ0n) is 14.0. The van der Waals surface area contributed by atoms with E-state index in [2.05, 4.69) is 33.9 Å². The summed E-state index contributed by atoms with van der Waals surface area (Å²) < 4.78 is 12.0. The van der Waals surface area contributed by atoms with Crippen molar-refractivity contribution in [1.29, 1.82) is 0 Å². The van der Waals surface area contributed by atoms with Gasteiger partial charge in [-0.1, -0.05) is 58.8 Å². The van der Waals surface area contributed by atoms with Crippen molar-refractivity contribution in [2.24, 2.45) is 0 Å². The first-order valence-corrected chi connectivity index (χ1v) is 11.1.